The summed E-state index contributed by atoms with van der Waals surface area (Å²) < 4.78 is 4.99. The van der Waals surface area contributed by atoms with Crippen LogP contribution in [0.5, 0.6) is 0 Å². The molecule has 4 nitrogen and oxygen atoms in total. The van der Waals surface area contributed by atoms with E-state index in [2.05, 4.69) is 6.07 Å². The predicted octanol–water partition coefficient (Wildman–Crippen LogP) is 0.926. The van der Waals surface area contributed by atoms with Crippen LogP contribution in [-0.2, 0) is 9.53 Å². The van der Waals surface area contributed by atoms with Gasteiger partial charge in [0.15, 0.2) is 0 Å². The molecule has 1 fully saturated rings. The van der Waals surface area contributed by atoms with E-state index >= 15 is 0 Å². The van der Waals surface area contributed by atoms with Crippen molar-refractivity contribution in [3.05, 3.63) is 0 Å². The second-order valence-electron chi connectivity index (χ2n) is 4.31. The Morgan fingerprint density at radius 2 is 2.36 bits per heavy atom. The molecule has 78 valence electrons. The first-order valence-electron chi connectivity index (χ1n) is 4.76. The maximum absolute atomic E-state index is 11.1. The maximum atomic E-state index is 11.1. The third-order valence-electron chi connectivity index (χ3n) is 2.58. The molecule has 0 amide bonds. The Bertz CT molecular complexity index is 268. The van der Waals surface area contributed by atoms with Crippen LogP contribution in [0.25, 0.3) is 0 Å². The molecule has 0 aliphatic carbocycles. The highest BCUT2D eigenvalue weighted by Gasteiger charge is 2.37. The van der Waals surface area contributed by atoms with Crippen molar-refractivity contribution in [2.24, 2.45) is 0 Å². The van der Waals surface area contributed by atoms with Gasteiger partial charge in [0.05, 0.1) is 24.6 Å². The summed E-state index contributed by atoms with van der Waals surface area (Å²) in [5.74, 6) is -0.200. The molecule has 14 heavy (non-hydrogen) atoms. The van der Waals surface area contributed by atoms with E-state index in [0.29, 0.717) is 13.0 Å². The van der Waals surface area contributed by atoms with Crippen LogP contribution in [0.3, 0.4) is 0 Å². The molecule has 1 unspecified atom stereocenters. The normalized spacial score (nSPS) is 23.7. The van der Waals surface area contributed by atoms with E-state index in [-0.39, 0.29) is 24.1 Å². The zero-order chi connectivity index (χ0) is 10.8. The van der Waals surface area contributed by atoms with Crippen molar-refractivity contribution in [1.82, 2.24) is 4.90 Å². The van der Waals surface area contributed by atoms with E-state index in [1.54, 1.807) is 0 Å². The van der Waals surface area contributed by atoms with Crippen molar-refractivity contribution in [3.8, 4) is 6.07 Å². The molecule has 0 aromatic carbocycles. The zero-order valence-electron chi connectivity index (χ0n) is 8.91. The van der Waals surface area contributed by atoms with Gasteiger partial charge in [-0.05, 0) is 20.8 Å². The van der Waals surface area contributed by atoms with Gasteiger partial charge in [0.1, 0.15) is 6.61 Å². The number of hydrogen-bond acceptors (Lipinski definition) is 4. The number of ether oxygens (including phenoxy) is 1. The quantitative estimate of drug-likeness (QED) is 0.616. The maximum Gasteiger partial charge on any atom is 0.320 e. The highest BCUT2D eigenvalue weighted by atomic mass is 16.5. The van der Waals surface area contributed by atoms with Gasteiger partial charge < -0.3 is 4.74 Å². The third-order valence-corrected chi connectivity index (χ3v) is 2.58. The van der Waals surface area contributed by atoms with E-state index in [1.165, 1.54) is 0 Å². The van der Waals surface area contributed by atoms with Crippen LogP contribution in [0.4, 0.5) is 0 Å². The number of carbonyl (C=O) groups is 1. The van der Waals surface area contributed by atoms with Crippen LogP contribution in [0.15, 0.2) is 0 Å². The van der Waals surface area contributed by atoms with Crippen LogP contribution in [-0.4, -0.2) is 35.6 Å². The first-order valence-corrected chi connectivity index (χ1v) is 4.76. The average molecular weight is 196 g/mol. The van der Waals surface area contributed by atoms with E-state index in [9.17, 15) is 4.79 Å². The molecule has 0 bridgehead atoms. The summed E-state index contributed by atoms with van der Waals surface area (Å²) >= 11 is 0. The van der Waals surface area contributed by atoms with E-state index in [0.717, 1.165) is 0 Å². The number of nitriles is 1. The average Bonchev–Trinajstić information content (AvgIpc) is 2.10. The Morgan fingerprint density at radius 1 is 1.71 bits per heavy atom. The number of rotatable bonds is 2. The summed E-state index contributed by atoms with van der Waals surface area (Å²) in [6.45, 7) is 6.70. The molecule has 0 aromatic rings. The minimum Gasteiger partial charge on any atom is -0.463 e. The molecule has 1 atom stereocenters. The molecule has 1 aliphatic rings. The third kappa shape index (κ3) is 2.24. The lowest BCUT2D eigenvalue weighted by molar-refractivity contribution is -0.162. The summed E-state index contributed by atoms with van der Waals surface area (Å²) in [7, 11) is 0. The molecule has 0 radical (unpaired) electrons. The zero-order valence-corrected chi connectivity index (χ0v) is 8.91. The smallest absolute Gasteiger partial charge is 0.320 e. The fraction of sp³-hybridized carbons (Fsp3) is 0.800. The number of carbonyl (C=O) groups excluding carboxylic acids is 1. The van der Waals surface area contributed by atoms with Gasteiger partial charge in [0.2, 0.25) is 0 Å². The van der Waals surface area contributed by atoms with Crippen molar-refractivity contribution in [2.45, 2.75) is 38.8 Å². The fourth-order valence-electron chi connectivity index (χ4n) is 1.73. The second kappa shape index (κ2) is 3.97. The molecule has 0 saturated carbocycles. The van der Waals surface area contributed by atoms with Gasteiger partial charge in [-0.3, -0.25) is 9.69 Å². The van der Waals surface area contributed by atoms with Crippen molar-refractivity contribution in [2.75, 3.05) is 13.2 Å². The van der Waals surface area contributed by atoms with E-state index in [4.69, 9.17) is 10.00 Å². The lowest BCUT2D eigenvalue weighted by Gasteiger charge is -2.44. The van der Waals surface area contributed by atoms with Gasteiger partial charge in [-0.25, -0.2) is 0 Å². The predicted molar refractivity (Wildman–Crippen MR) is 51.4 cm³/mol. The number of hydrogen-bond donors (Lipinski definition) is 0. The summed E-state index contributed by atoms with van der Waals surface area (Å²) in [6, 6.07) is 2.22. The Labute approximate surface area is 84.4 Å². The molecule has 4 heteroatoms. The molecule has 0 N–H and O–H groups in total. The van der Waals surface area contributed by atoms with Gasteiger partial charge >= 0.3 is 5.97 Å². The number of esters is 1. The molecule has 1 aliphatic heterocycles. The Balaban J connectivity index is 2.72. The minimum atomic E-state index is -0.200. The van der Waals surface area contributed by atoms with Crippen LogP contribution >= 0.6 is 0 Å². The molecular weight excluding hydrogens is 180 g/mol. The first-order chi connectivity index (χ1) is 6.47. The summed E-state index contributed by atoms with van der Waals surface area (Å²) in [5, 5.41) is 8.61. The molecule has 0 aromatic heterocycles. The van der Waals surface area contributed by atoms with Crippen LogP contribution in [0.2, 0.25) is 0 Å². The van der Waals surface area contributed by atoms with Gasteiger partial charge in [-0.1, -0.05) is 0 Å². The standard InChI is InChI=1S/C10H16N2O2/c1-8(4-5-11)12-6-9(13)14-7-10(12,2)3/h8H,4,6-7H2,1-3H3. The fourth-order valence-corrected chi connectivity index (χ4v) is 1.73. The first kappa shape index (κ1) is 11.0. The van der Waals surface area contributed by atoms with Crippen molar-refractivity contribution < 1.29 is 9.53 Å². The SMILES string of the molecule is CC(CC#N)N1CC(=O)OCC1(C)C. The number of nitrogens with zero attached hydrogens (tertiary/aromatic N) is 2. The van der Waals surface area contributed by atoms with Crippen molar-refractivity contribution in [1.29, 1.82) is 5.26 Å². The highest BCUT2D eigenvalue weighted by Crippen LogP contribution is 2.23. The van der Waals surface area contributed by atoms with Crippen LogP contribution in [0, 0.1) is 11.3 Å². The minimum absolute atomic E-state index is 0.0999. The lowest BCUT2D eigenvalue weighted by Crippen LogP contribution is -2.57. The second-order valence-corrected chi connectivity index (χ2v) is 4.31. The summed E-state index contributed by atoms with van der Waals surface area (Å²) in [4.78, 5) is 13.2. The van der Waals surface area contributed by atoms with Crippen LogP contribution < -0.4 is 0 Å². The lowest BCUT2D eigenvalue weighted by atomic mass is 9.99. The Hall–Kier alpha value is -1.08. The molecule has 1 rings (SSSR count). The van der Waals surface area contributed by atoms with Crippen molar-refractivity contribution in [3.63, 3.8) is 0 Å². The van der Waals surface area contributed by atoms with Gasteiger partial charge in [-0.2, -0.15) is 5.26 Å². The monoisotopic (exact) mass is 196 g/mol. The number of morpholine rings is 1. The largest absolute Gasteiger partial charge is 0.463 e. The Kier molecular flexibility index (Phi) is 3.12. The molecular formula is C10H16N2O2. The summed E-state index contributed by atoms with van der Waals surface area (Å²) in [5.41, 5.74) is -0.163. The van der Waals surface area contributed by atoms with Gasteiger partial charge in [0.25, 0.3) is 0 Å². The van der Waals surface area contributed by atoms with Crippen molar-refractivity contribution >= 4 is 5.97 Å². The topological polar surface area (TPSA) is 53.3 Å². The van der Waals surface area contributed by atoms with Gasteiger partial charge in [-0.15, -0.1) is 0 Å². The summed E-state index contributed by atoms with van der Waals surface area (Å²) in [6.07, 6.45) is 0.441. The molecule has 1 saturated heterocycles. The molecule has 1 heterocycles. The molecule has 0 spiro atoms. The Morgan fingerprint density at radius 3 is 2.93 bits per heavy atom. The highest BCUT2D eigenvalue weighted by molar-refractivity contribution is 5.72. The van der Waals surface area contributed by atoms with E-state index in [1.807, 2.05) is 25.7 Å². The van der Waals surface area contributed by atoms with Gasteiger partial charge in [0, 0.05) is 6.04 Å². The number of cyclic esters (lactones) is 1. The van der Waals surface area contributed by atoms with Crippen LogP contribution in [0.1, 0.15) is 27.2 Å². The van der Waals surface area contributed by atoms with E-state index < -0.39 is 0 Å².